The Morgan fingerprint density at radius 2 is 2.08 bits per heavy atom. The monoisotopic (exact) mass is 362 g/mol. The van der Waals surface area contributed by atoms with Crippen molar-refractivity contribution in [2.45, 2.75) is 57.8 Å². The number of aliphatic hydroxyl groups is 2. The van der Waals surface area contributed by atoms with E-state index in [1.54, 1.807) is 6.92 Å². The molecule has 2 N–H and O–H groups in total. The molecule has 6 rings (SSSR count). The zero-order chi connectivity index (χ0) is 18.5. The van der Waals surface area contributed by atoms with Gasteiger partial charge in [0.1, 0.15) is 18.1 Å². The molecule has 142 valence electrons. The molecule has 7 atom stereocenters. The summed E-state index contributed by atoms with van der Waals surface area (Å²) in [6.07, 6.45) is 5.09. The van der Waals surface area contributed by atoms with Crippen molar-refractivity contribution in [2.24, 2.45) is 28.1 Å². The Morgan fingerprint density at radius 1 is 1.31 bits per heavy atom. The summed E-state index contributed by atoms with van der Waals surface area (Å²) in [7, 11) is 0. The van der Waals surface area contributed by atoms with Crippen molar-refractivity contribution in [1.82, 2.24) is 0 Å². The van der Waals surface area contributed by atoms with Crippen molar-refractivity contribution < 1.29 is 29.3 Å². The largest absolute Gasteiger partial charge is 0.457 e. The number of Topliss-reactive ketones (excluding diaryl/α,β-unsaturated/α-hetero) is 1. The number of esters is 1. The summed E-state index contributed by atoms with van der Waals surface area (Å²) in [5.41, 5.74) is -0.645. The molecule has 1 spiro atoms. The second-order valence-corrected chi connectivity index (χ2v) is 9.51. The molecule has 0 aromatic heterocycles. The van der Waals surface area contributed by atoms with Crippen LogP contribution in [0.15, 0.2) is 11.6 Å². The van der Waals surface area contributed by atoms with Crippen molar-refractivity contribution in [1.29, 1.82) is 0 Å². The molecular weight excluding hydrogens is 336 g/mol. The van der Waals surface area contributed by atoms with Crippen LogP contribution < -0.4 is 0 Å². The molecule has 3 aliphatic heterocycles. The van der Waals surface area contributed by atoms with Crippen LogP contribution in [0, 0.1) is 28.1 Å². The smallest absolute Gasteiger partial charge is 0.318 e. The highest BCUT2D eigenvalue weighted by Crippen LogP contribution is 2.71. The molecule has 7 unspecified atom stereocenters. The average molecular weight is 362 g/mol. The Morgan fingerprint density at radius 3 is 2.73 bits per heavy atom. The predicted octanol–water partition coefficient (Wildman–Crippen LogP) is 1.34. The molecule has 2 bridgehead atoms. The van der Waals surface area contributed by atoms with Crippen LogP contribution in [0.1, 0.15) is 46.0 Å². The maximum absolute atomic E-state index is 12.8. The fraction of sp³-hybridized carbons (Fsp3) is 0.800. The maximum Gasteiger partial charge on any atom is 0.318 e. The minimum absolute atomic E-state index is 0.0818. The van der Waals surface area contributed by atoms with E-state index in [1.165, 1.54) is 0 Å². The lowest BCUT2D eigenvalue weighted by molar-refractivity contribution is -0.367. The number of allylic oxidation sites excluding steroid dienone is 1. The van der Waals surface area contributed by atoms with Crippen LogP contribution in [0.4, 0.5) is 0 Å². The first-order chi connectivity index (χ1) is 12.2. The molecule has 3 aliphatic carbocycles. The normalized spacial score (nSPS) is 54.2. The Bertz CT molecular complexity index is 733. The number of carbonyl (C=O) groups is 2. The molecule has 3 saturated heterocycles. The van der Waals surface area contributed by atoms with Crippen molar-refractivity contribution in [3.8, 4) is 0 Å². The first-order valence-electron chi connectivity index (χ1n) is 9.62. The highest BCUT2D eigenvalue weighted by atomic mass is 16.6. The molecule has 3 heterocycles. The van der Waals surface area contributed by atoms with Gasteiger partial charge in [0.15, 0.2) is 11.6 Å². The first kappa shape index (κ1) is 16.9. The number of aliphatic hydroxyl groups excluding tert-OH is 1. The summed E-state index contributed by atoms with van der Waals surface area (Å²) in [5.74, 6) is -1.78. The Kier molecular flexibility index (Phi) is 3.10. The van der Waals surface area contributed by atoms with Crippen molar-refractivity contribution in [2.75, 3.05) is 13.2 Å². The second-order valence-electron chi connectivity index (χ2n) is 9.51. The van der Waals surface area contributed by atoms with Gasteiger partial charge in [0.25, 0.3) is 0 Å². The molecule has 0 aromatic rings. The first-order valence-corrected chi connectivity index (χ1v) is 9.62. The molecule has 0 radical (unpaired) electrons. The van der Waals surface area contributed by atoms with Crippen LogP contribution in [0.3, 0.4) is 0 Å². The van der Waals surface area contributed by atoms with Gasteiger partial charge in [0.2, 0.25) is 0 Å². The summed E-state index contributed by atoms with van der Waals surface area (Å²) >= 11 is 0. The van der Waals surface area contributed by atoms with Crippen molar-refractivity contribution in [3.63, 3.8) is 0 Å². The Hall–Kier alpha value is -1.24. The SMILES string of the molecule is CC1(C(=O)CO)CCC2C(=CC3OC(=O)C4(C)C3C23CCC4(O)OC3)C1. The van der Waals surface area contributed by atoms with Crippen LogP contribution in [0.2, 0.25) is 0 Å². The molecule has 26 heavy (non-hydrogen) atoms. The lowest BCUT2D eigenvalue weighted by Crippen LogP contribution is -2.71. The number of ether oxygens (including phenoxy) is 2. The van der Waals surface area contributed by atoms with E-state index >= 15 is 0 Å². The summed E-state index contributed by atoms with van der Waals surface area (Å²) in [4.78, 5) is 25.1. The Balaban J connectivity index is 1.61. The summed E-state index contributed by atoms with van der Waals surface area (Å²) < 4.78 is 11.7. The molecular formula is C20H26O6. The van der Waals surface area contributed by atoms with Gasteiger partial charge in [-0.3, -0.25) is 9.59 Å². The molecule has 2 saturated carbocycles. The lowest BCUT2D eigenvalue weighted by atomic mass is 9.42. The summed E-state index contributed by atoms with van der Waals surface area (Å²) in [5, 5.41) is 20.4. The fourth-order valence-electron chi connectivity index (χ4n) is 6.93. The van der Waals surface area contributed by atoms with E-state index in [0.717, 1.165) is 24.8 Å². The zero-order valence-corrected chi connectivity index (χ0v) is 15.3. The lowest BCUT2D eigenvalue weighted by Gasteiger charge is -2.65. The number of carbonyl (C=O) groups excluding carboxylic acids is 2. The molecule has 6 aliphatic rings. The van der Waals surface area contributed by atoms with E-state index in [2.05, 4.69) is 0 Å². The van der Waals surface area contributed by atoms with Crippen molar-refractivity contribution in [3.05, 3.63) is 11.6 Å². The van der Waals surface area contributed by atoms with Gasteiger partial charge in [-0.15, -0.1) is 0 Å². The second kappa shape index (κ2) is 4.78. The van der Waals surface area contributed by atoms with Gasteiger partial charge in [-0.25, -0.2) is 0 Å². The minimum atomic E-state index is -1.44. The predicted molar refractivity (Wildman–Crippen MR) is 89.7 cm³/mol. The van der Waals surface area contributed by atoms with Gasteiger partial charge < -0.3 is 19.7 Å². The maximum atomic E-state index is 12.8. The van der Waals surface area contributed by atoms with E-state index in [0.29, 0.717) is 19.4 Å². The van der Waals surface area contributed by atoms with Crippen LogP contribution in [-0.4, -0.2) is 47.1 Å². The topological polar surface area (TPSA) is 93.1 Å². The molecule has 6 heteroatoms. The highest BCUT2D eigenvalue weighted by molar-refractivity contribution is 5.86. The number of hydrogen-bond donors (Lipinski definition) is 2. The van der Waals surface area contributed by atoms with Gasteiger partial charge in [-0.05, 0) is 44.6 Å². The van der Waals surface area contributed by atoms with Crippen molar-refractivity contribution >= 4 is 11.8 Å². The quantitative estimate of drug-likeness (QED) is 0.569. The summed E-state index contributed by atoms with van der Waals surface area (Å²) in [6, 6.07) is 0. The minimum Gasteiger partial charge on any atom is -0.457 e. The van der Waals surface area contributed by atoms with E-state index in [9.17, 15) is 19.8 Å². The van der Waals surface area contributed by atoms with Crippen LogP contribution in [0.25, 0.3) is 0 Å². The van der Waals surface area contributed by atoms with Crippen LogP contribution in [-0.2, 0) is 19.1 Å². The number of fused-ring (bicyclic) bond motifs is 3. The van der Waals surface area contributed by atoms with Gasteiger partial charge in [0, 0.05) is 23.2 Å². The number of rotatable bonds is 2. The third kappa shape index (κ3) is 1.65. The van der Waals surface area contributed by atoms with Gasteiger partial charge in [-0.1, -0.05) is 12.5 Å². The van der Waals surface area contributed by atoms with Gasteiger partial charge in [-0.2, -0.15) is 0 Å². The van der Waals surface area contributed by atoms with Gasteiger partial charge >= 0.3 is 5.97 Å². The van der Waals surface area contributed by atoms with E-state index in [-0.39, 0.29) is 35.1 Å². The van der Waals surface area contributed by atoms with Gasteiger partial charge in [0.05, 0.1) is 6.61 Å². The van der Waals surface area contributed by atoms with Crippen LogP contribution in [0.5, 0.6) is 0 Å². The fourth-order valence-corrected chi connectivity index (χ4v) is 6.93. The van der Waals surface area contributed by atoms with E-state index in [1.807, 2.05) is 13.0 Å². The van der Waals surface area contributed by atoms with Crippen LogP contribution >= 0.6 is 0 Å². The summed E-state index contributed by atoms with van der Waals surface area (Å²) in [6.45, 7) is 3.72. The zero-order valence-electron chi connectivity index (χ0n) is 15.3. The standard InChI is InChI=1S/C20H26O6/c1-17(14(22)9-21)4-3-12-11(8-17)7-13-15-18(2,16(23)26-13)20(24)6-5-19(12,15)10-25-20/h7,12-13,15,21,24H,3-6,8-10H2,1-2H3. The average Bonchev–Trinajstić information content (AvgIpc) is 2.89. The third-order valence-corrected chi connectivity index (χ3v) is 8.47. The van der Waals surface area contributed by atoms with E-state index in [4.69, 9.17) is 9.47 Å². The number of ketones is 1. The Labute approximate surface area is 152 Å². The molecule has 0 aromatic carbocycles. The molecule has 6 nitrogen and oxygen atoms in total. The third-order valence-electron chi connectivity index (χ3n) is 8.47. The molecule has 5 fully saturated rings. The highest BCUT2D eigenvalue weighted by Gasteiger charge is 2.78. The van der Waals surface area contributed by atoms with E-state index < -0.39 is 23.2 Å². The molecule has 0 amide bonds. The number of hydrogen-bond acceptors (Lipinski definition) is 6.